The van der Waals surface area contributed by atoms with Crippen LogP contribution in [-0.4, -0.2) is 24.2 Å². The number of aliphatic hydroxyl groups is 1. The molecule has 0 aliphatic rings. The number of hydrogen-bond acceptors (Lipinski definition) is 3. The van der Waals surface area contributed by atoms with Crippen LogP contribution in [0.3, 0.4) is 0 Å². The van der Waals surface area contributed by atoms with E-state index in [1.54, 1.807) is 11.3 Å². The van der Waals surface area contributed by atoms with Gasteiger partial charge in [0, 0.05) is 18.0 Å². The second-order valence-corrected chi connectivity index (χ2v) is 6.28. The maximum atomic E-state index is 13.0. The fourth-order valence-electron chi connectivity index (χ4n) is 2.24. The van der Waals surface area contributed by atoms with Crippen molar-refractivity contribution in [1.82, 2.24) is 5.32 Å². The van der Waals surface area contributed by atoms with Gasteiger partial charge in [-0.25, -0.2) is 4.39 Å². The summed E-state index contributed by atoms with van der Waals surface area (Å²) < 4.78 is 13.0. The van der Waals surface area contributed by atoms with Crippen molar-refractivity contribution in [2.75, 3.05) is 13.2 Å². The Morgan fingerprint density at radius 3 is 2.82 bits per heavy atom. The van der Waals surface area contributed by atoms with E-state index in [-0.39, 0.29) is 29.0 Å². The molecule has 2 aromatic rings. The molecule has 0 radical (unpaired) electrons. The average molecular weight is 342 g/mol. The zero-order valence-electron chi connectivity index (χ0n) is 11.9. The summed E-state index contributed by atoms with van der Waals surface area (Å²) in [6, 6.07) is 7.71. The molecule has 0 fully saturated rings. The summed E-state index contributed by atoms with van der Waals surface area (Å²) in [5.41, 5.74) is 0.262. The van der Waals surface area contributed by atoms with Crippen LogP contribution in [-0.2, 0) is 0 Å². The molecule has 1 heterocycles. The molecule has 0 spiro atoms. The van der Waals surface area contributed by atoms with E-state index in [1.165, 1.54) is 17.0 Å². The van der Waals surface area contributed by atoms with Gasteiger partial charge in [0.15, 0.2) is 0 Å². The third-order valence-corrected chi connectivity index (χ3v) is 4.72. The first-order valence-corrected chi connectivity index (χ1v) is 8.25. The Labute approximate surface area is 137 Å². The molecule has 1 amide bonds. The highest BCUT2D eigenvalue weighted by molar-refractivity contribution is 7.10. The quantitative estimate of drug-likeness (QED) is 0.804. The lowest BCUT2D eigenvalue weighted by Gasteiger charge is -2.14. The van der Waals surface area contributed by atoms with Crippen molar-refractivity contribution in [2.45, 2.75) is 18.8 Å². The summed E-state index contributed by atoms with van der Waals surface area (Å²) >= 11 is 7.51. The summed E-state index contributed by atoms with van der Waals surface area (Å²) in [5, 5.41) is 14.0. The van der Waals surface area contributed by atoms with Gasteiger partial charge in [-0.2, -0.15) is 0 Å². The summed E-state index contributed by atoms with van der Waals surface area (Å²) in [5.74, 6) is -0.574. The van der Waals surface area contributed by atoms with Crippen LogP contribution in [0.5, 0.6) is 0 Å². The van der Waals surface area contributed by atoms with E-state index in [2.05, 4.69) is 5.32 Å². The van der Waals surface area contributed by atoms with Gasteiger partial charge in [-0.3, -0.25) is 4.79 Å². The Morgan fingerprint density at radius 1 is 1.36 bits per heavy atom. The lowest BCUT2D eigenvalue weighted by Crippen LogP contribution is -2.26. The number of amides is 1. The first-order chi connectivity index (χ1) is 10.6. The molecule has 2 N–H and O–H groups in total. The molecular weight excluding hydrogens is 325 g/mol. The van der Waals surface area contributed by atoms with Gasteiger partial charge in [-0.1, -0.05) is 17.7 Å². The number of rotatable bonds is 7. The predicted octanol–water partition coefficient (Wildman–Crippen LogP) is 3.83. The van der Waals surface area contributed by atoms with Crippen LogP contribution in [0.25, 0.3) is 0 Å². The van der Waals surface area contributed by atoms with Crippen LogP contribution in [0.15, 0.2) is 35.7 Å². The molecule has 0 bridgehead atoms. The lowest BCUT2D eigenvalue weighted by atomic mass is 10.00. The molecule has 3 nitrogen and oxygen atoms in total. The Balaban J connectivity index is 1.90. The van der Waals surface area contributed by atoms with Gasteiger partial charge in [0.25, 0.3) is 5.91 Å². The monoisotopic (exact) mass is 341 g/mol. The van der Waals surface area contributed by atoms with Gasteiger partial charge < -0.3 is 10.4 Å². The average Bonchev–Trinajstić information content (AvgIpc) is 3.00. The van der Waals surface area contributed by atoms with E-state index in [1.807, 2.05) is 17.5 Å². The van der Waals surface area contributed by atoms with Gasteiger partial charge in [0.05, 0.1) is 10.6 Å². The first-order valence-electron chi connectivity index (χ1n) is 6.99. The molecule has 22 heavy (non-hydrogen) atoms. The van der Waals surface area contributed by atoms with Crippen molar-refractivity contribution in [3.8, 4) is 0 Å². The molecule has 0 unspecified atom stereocenters. The topological polar surface area (TPSA) is 49.3 Å². The van der Waals surface area contributed by atoms with Crippen molar-refractivity contribution < 1.29 is 14.3 Å². The minimum Gasteiger partial charge on any atom is -0.396 e. The van der Waals surface area contributed by atoms with Crippen LogP contribution in [0, 0.1) is 5.82 Å². The molecule has 0 aliphatic heterocycles. The van der Waals surface area contributed by atoms with Gasteiger partial charge in [0.1, 0.15) is 5.82 Å². The second kappa shape index (κ2) is 8.27. The Hall–Kier alpha value is -1.43. The fraction of sp³-hybridized carbons (Fsp3) is 0.312. The van der Waals surface area contributed by atoms with E-state index < -0.39 is 5.82 Å². The first kappa shape index (κ1) is 16.9. The predicted molar refractivity (Wildman–Crippen MR) is 87.1 cm³/mol. The van der Waals surface area contributed by atoms with E-state index in [4.69, 9.17) is 16.7 Å². The number of aliphatic hydroxyl groups excluding tert-OH is 1. The molecular formula is C16H17ClFNO2S. The Morgan fingerprint density at radius 2 is 2.18 bits per heavy atom. The molecule has 1 aromatic carbocycles. The standard InChI is InChI=1S/C16H17ClFNO2S/c17-14-10-12(18)3-4-13(14)16(21)19-7-5-11(6-8-20)15-2-1-9-22-15/h1-4,9-11,20H,5-8H2,(H,19,21)/t11-/m1/s1. The minimum atomic E-state index is -0.470. The number of hydrogen-bond donors (Lipinski definition) is 2. The van der Waals surface area contributed by atoms with Crippen LogP contribution >= 0.6 is 22.9 Å². The normalized spacial score (nSPS) is 12.1. The highest BCUT2D eigenvalue weighted by Crippen LogP contribution is 2.27. The summed E-state index contributed by atoms with van der Waals surface area (Å²) in [6.07, 6.45) is 1.39. The molecule has 118 valence electrons. The summed E-state index contributed by atoms with van der Waals surface area (Å²) in [7, 11) is 0. The van der Waals surface area contributed by atoms with Gasteiger partial charge >= 0.3 is 0 Å². The van der Waals surface area contributed by atoms with Crippen molar-refractivity contribution in [3.63, 3.8) is 0 Å². The third-order valence-electron chi connectivity index (χ3n) is 3.38. The van der Waals surface area contributed by atoms with Crippen molar-refractivity contribution in [2.24, 2.45) is 0 Å². The van der Waals surface area contributed by atoms with Crippen LogP contribution in [0.2, 0.25) is 5.02 Å². The molecule has 1 atom stereocenters. The number of nitrogens with one attached hydrogen (secondary N) is 1. The highest BCUT2D eigenvalue weighted by Gasteiger charge is 2.14. The van der Waals surface area contributed by atoms with Crippen molar-refractivity contribution in [1.29, 1.82) is 0 Å². The maximum Gasteiger partial charge on any atom is 0.252 e. The number of carbonyl (C=O) groups is 1. The summed E-state index contributed by atoms with van der Waals surface area (Å²) in [6.45, 7) is 0.579. The van der Waals surface area contributed by atoms with E-state index in [9.17, 15) is 9.18 Å². The molecule has 6 heteroatoms. The maximum absolute atomic E-state index is 13.0. The number of carbonyl (C=O) groups excluding carboxylic acids is 1. The summed E-state index contributed by atoms with van der Waals surface area (Å²) in [4.78, 5) is 13.2. The number of benzene rings is 1. The fourth-order valence-corrected chi connectivity index (χ4v) is 3.39. The Kier molecular flexibility index (Phi) is 6.36. The van der Waals surface area contributed by atoms with Crippen LogP contribution in [0.4, 0.5) is 4.39 Å². The molecule has 1 aromatic heterocycles. The highest BCUT2D eigenvalue weighted by atomic mass is 35.5. The molecule has 0 aliphatic carbocycles. The molecule has 0 saturated heterocycles. The second-order valence-electron chi connectivity index (χ2n) is 4.89. The molecule has 0 saturated carbocycles. The van der Waals surface area contributed by atoms with E-state index >= 15 is 0 Å². The molecule has 2 rings (SSSR count). The van der Waals surface area contributed by atoms with E-state index in [0.29, 0.717) is 13.0 Å². The smallest absolute Gasteiger partial charge is 0.252 e. The third kappa shape index (κ3) is 4.53. The van der Waals surface area contributed by atoms with Crippen molar-refractivity contribution in [3.05, 3.63) is 57.0 Å². The SMILES string of the molecule is O=C(NCC[C@H](CCO)c1cccs1)c1ccc(F)cc1Cl. The minimum absolute atomic E-state index is 0.0997. The van der Waals surface area contributed by atoms with Crippen LogP contribution in [0.1, 0.15) is 34.0 Å². The van der Waals surface area contributed by atoms with Gasteiger partial charge in [-0.05, 0) is 48.4 Å². The zero-order valence-corrected chi connectivity index (χ0v) is 13.5. The van der Waals surface area contributed by atoms with E-state index in [0.717, 1.165) is 12.5 Å². The lowest BCUT2D eigenvalue weighted by molar-refractivity contribution is 0.0952. The zero-order chi connectivity index (χ0) is 15.9. The van der Waals surface area contributed by atoms with Crippen LogP contribution < -0.4 is 5.32 Å². The Bertz CT molecular complexity index is 619. The number of halogens is 2. The largest absolute Gasteiger partial charge is 0.396 e. The van der Waals surface area contributed by atoms with Gasteiger partial charge in [0.2, 0.25) is 0 Å². The van der Waals surface area contributed by atoms with Crippen molar-refractivity contribution >= 4 is 28.8 Å². The van der Waals surface area contributed by atoms with Gasteiger partial charge in [-0.15, -0.1) is 11.3 Å². The number of thiophene rings is 1.